The molecule has 19 atom stereocenters. The van der Waals surface area contributed by atoms with E-state index >= 15 is 0 Å². The van der Waals surface area contributed by atoms with Crippen molar-refractivity contribution in [1.29, 1.82) is 0 Å². The second-order valence-corrected chi connectivity index (χ2v) is 26.9. The van der Waals surface area contributed by atoms with Crippen molar-refractivity contribution in [3.63, 3.8) is 0 Å². The summed E-state index contributed by atoms with van der Waals surface area (Å²) in [6, 6.07) is -6.40. The quantitative estimate of drug-likeness (QED) is 0.0993. The van der Waals surface area contributed by atoms with Gasteiger partial charge in [-0.05, 0) is 131 Å². The predicted molar refractivity (Wildman–Crippen MR) is 289 cm³/mol. The van der Waals surface area contributed by atoms with Gasteiger partial charge in [-0.15, -0.1) is 0 Å². The highest BCUT2D eigenvalue weighted by molar-refractivity contribution is 5.70. The fraction of sp³-hybridized carbons (Fsp3) is 0.887. The summed E-state index contributed by atoms with van der Waals surface area (Å²) in [5, 5.41) is 96.6. The summed E-state index contributed by atoms with van der Waals surface area (Å²) < 4.78 is 70.3. The van der Waals surface area contributed by atoms with Crippen LogP contribution in [0.2, 0.25) is 0 Å². The van der Waals surface area contributed by atoms with Crippen LogP contribution >= 0.6 is 0 Å². The van der Waals surface area contributed by atoms with Crippen LogP contribution in [0.25, 0.3) is 0 Å². The molecule has 0 radical (unpaired) electrons. The molecule has 3 aliphatic heterocycles. The lowest BCUT2D eigenvalue weighted by molar-refractivity contribution is -0.311. The second-order valence-electron chi connectivity index (χ2n) is 26.9. The number of rotatable bonds is 15. The summed E-state index contributed by atoms with van der Waals surface area (Å²) in [5.41, 5.74) is -6.28. The van der Waals surface area contributed by atoms with Gasteiger partial charge in [0.2, 0.25) is 0 Å². The zero-order chi connectivity index (χ0) is 64.0. The zero-order valence-electron chi connectivity index (χ0n) is 51.3. The molecule has 3 saturated heterocycles. The Labute approximate surface area is 489 Å². The first-order valence-electron chi connectivity index (χ1n) is 27.8. The van der Waals surface area contributed by atoms with E-state index in [-0.39, 0.29) is 0 Å². The second kappa shape index (κ2) is 28.3. The van der Waals surface area contributed by atoms with E-state index in [2.05, 4.69) is 31.9 Å². The molecule has 0 bridgehead atoms. The van der Waals surface area contributed by atoms with Gasteiger partial charge in [0, 0.05) is 13.1 Å². The molecule has 0 aromatic heterocycles. The minimum atomic E-state index is -2.06. The fourth-order valence-electron chi connectivity index (χ4n) is 8.95. The summed E-state index contributed by atoms with van der Waals surface area (Å²) >= 11 is 0. The molecule has 13 N–H and O–H groups in total. The van der Waals surface area contributed by atoms with E-state index in [4.69, 9.17) is 56.8 Å². The summed E-state index contributed by atoms with van der Waals surface area (Å²) in [7, 11) is 0. The van der Waals surface area contributed by atoms with Gasteiger partial charge < -0.3 is 124 Å². The SMILES string of the molecule is CC(C)(C)OC(=O)NC[C@@H]1O[C@H](O[C@H]2[C@@H](O)[C@H](O[C@@H]3[C@@H](O)[C@H](NC(=O)OC(C)(C)C)C[C@H](NC(=O)OC(C)(C)C)[C@H]3O[C@H]3O[C@H](CNC(=O)OC(C)(C)C)[C@@H](O)[C@H](O)[C@H]3NC(=O)OC(C)(C)C)O[C@@H]2CO)[C@H](NC(=O)OC(C)(C)C)[C@@H](O)[C@@H]1O. The highest BCUT2D eigenvalue weighted by atomic mass is 16.8. The van der Waals surface area contributed by atoms with Gasteiger partial charge in [-0.1, -0.05) is 0 Å². The average molecular weight is 1220 g/mol. The molecule has 0 unspecified atom stereocenters. The maximum absolute atomic E-state index is 13.8. The minimum Gasteiger partial charge on any atom is -0.444 e. The number of hydrogen-bond acceptors (Lipinski definition) is 25. The molecule has 1 aliphatic carbocycles. The van der Waals surface area contributed by atoms with Crippen LogP contribution in [0.3, 0.4) is 0 Å². The number of aliphatic hydroxyl groups excluding tert-OH is 7. The first-order valence-corrected chi connectivity index (χ1v) is 27.8. The van der Waals surface area contributed by atoms with E-state index in [9.17, 15) is 64.5 Å². The number of nitrogens with one attached hydrogen (secondary N) is 6. The van der Waals surface area contributed by atoms with Crippen LogP contribution in [-0.2, 0) is 56.8 Å². The average Bonchev–Trinajstić information content (AvgIpc) is 2.85. The Hall–Kier alpha value is -4.90. The van der Waals surface area contributed by atoms with Gasteiger partial charge >= 0.3 is 36.6 Å². The summed E-state index contributed by atoms with van der Waals surface area (Å²) in [4.78, 5) is 79.5. The maximum atomic E-state index is 13.8. The van der Waals surface area contributed by atoms with Crippen molar-refractivity contribution in [3.05, 3.63) is 0 Å². The van der Waals surface area contributed by atoms with Crippen molar-refractivity contribution in [2.45, 2.75) is 281 Å². The molecule has 6 amide bonds. The van der Waals surface area contributed by atoms with Gasteiger partial charge in [0.05, 0.1) is 18.7 Å². The number of aliphatic hydroxyl groups is 7. The molecule has 31 heteroatoms. The van der Waals surface area contributed by atoms with Crippen molar-refractivity contribution in [2.75, 3.05) is 19.7 Å². The molecule has 4 aliphatic rings. The molecular weight excluding hydrogens is 1120 g/mol. The highest BCUT2D eigenvalue weighted by Crippen LogP contribution is 2.36. The third kappa shape index (κ3) is 22.4. The Balaban J connectivity index is 1.85. The van der Waals surface area contributed by atoms with Gasteiger partial charge in [-0.25, -0.2) is 28.8 Å². The fourth-order valence-corrected chi connectivity index (χ4v) is 8.95. The van der Waals surface area contributed by atoms with E-state index in [1.807, 2.05) is 0 Å². The molecule has 1 saturated carbocycles. The van der Waals surface area contributed by atoms with Gasteiger partial charge in [0.1, 0.15) is 119 Å². The van der Waals surface area contributed by atoms with Crippen LogP contribution in [0, 0.1) is 0 Å². The highest BCUT2D eigenvalue weighted by Gasteiger charge is 2.57. The van der Waals surface area contributed by atoms with Crippen LogP contribution in [-0.4, -0.2) is 242 Å². The first-order chi connectivity index (χ1) is 38.2. The molecule has 0 spiro atoms. The van der Waals surface area contributed by atoms with Crippen molar-refractivity contribution >= 4 is 36.6 Å². The van der Waals surface area contributed by atoms with Crippen molar-refractivity contribution in [1.82, 2.24) is 31.9 Å². The summed E-state index contributed by atoms with van der Waals surface area (Å²) in [6.07, 6.45) is -34.3. The first kappa shape index (κ1) is 71.6. The minimum absolute atomic E-state index is 0.432. The van der Waals surface area contributed by atoms with Gasteiger partial charge in [0.25, 0.3) is 0 Å². The monoisotopic (exact) mass is 1210 g/mol. The van der Waals surface area contributed by atoms with E-state index in [0.717, 1.165) is 0 Å². The normalized spacial score (nSPS) is 33.3. The molecular formula is C53H94N6O25. The van der Waals surface area contributed by atoms with E-state index in [0.29, 0.717) is 0 Å². The molecule has 4 rings (SSSR count). The Bertz CT molecular complexity index is 2200. The Morgan fingerprint density at radius 3 is 1.04 bits per heavy atom. The van der Waals surface area contributed by atoms with E-state index < -0.39 is 213 Å². The lowest BCUT2D eigenvalue weighted by Crippen LogP contribution is -2.70. The third-order valence-corrected chi connectivity index (χ3v) is 12.2. The predicted octanol–water partition coefficient (Wildman–Crippen LogP) is 0.501. The van der Waals surface area contributed by atoms with Gasteiger partial charge in [-0.3, -0.25) is 0 Å². The number of hydrogen-bond donors (Lipinski definition) is 13. The number of ether oxygens (including phenoxy) is 12. The molecule has 84 heavy (non-hydrogen) atoms. The van der Waals surface area contributed by atoms with Crippen LogP contribution in [0.15, 0.2) is 0 Å². The zero-order valence-corrected chi connectivity index (χ0v) is 51.3. The molecule has 4 fully saturated rings. The van der Waals surface area contributed by atoms with Crippen LogP contribution in [0.4, 0.5) is 28.8 Å². The lowest BCUT2D eigenvalue weighted by Gasteiger charge is -2.49. The summed E-state index contributed by atoms with van der Waals surface area (Å²) in [6.45, 7) is 26.4. The van der Waals surface area contributed by atoms with E-state index in [1.54, 1.807) is 125 Å². The maximum Gasteiger partial charge on any atom is 0.408 e. The molecule has 0 aromatic rings. The van der Waals surface area contributed by atoms with Crippen molar-refractivity contribution in [3.8, 4) is 0 Å². The van der Waals surface area contributed by atoms with Crippen molar-refractivity contribution in [2.24, 2.45) is 0 Å². The Morgan fingerprint density at radius 2 is 0.679 bits per heavy atom. The number of carbonyl (C=O) groups excluding carboxylic acids is 6. The lowest BCUT2D eigenvalue weighted by atomic mass is 9.83. The standard InChI is InChI=1S/C53H94N6O25/c1-48(2,3)79-42(67)54-20-25-31(62)33(64)28(58-46(71)83-52(13,14)15)39(73-25)76-36-24(57-45(70)82-51(10,11)12)19-23(56-44(69)81-50(7,8)9)30(61)38(36)78-41-35(66)37(27(22-60)75-41)77-40-29(59-47(72)84-53(16,17)18)34(65)32(63)26(74-40)21-55-43(68)80-49(4,5)6/h23-41,60-66H,19-22H2,1-18H3,(H,54,67)(H,55,68)(H,56,69)(H,57,70)(H,58,71)(H,59,72)/t23-,24+,25-,26+,27-,28-,29-,30+,31-,32-,33-,34-,35-,36-,37-,38-,39-,40-,41+/m1/s1. The van der Waals surface area contributed by atoms with Crippen LogP contribution < -0.4 is 31.9 Å². The largest absolute Gasteiger partial charge is 0.444 e. The van der Waals surface area contributed by atoms with E-state index in [1.165, 1.54) is 0 Å². The molecule has 31 nitrogen and oxygen atoms in total. The van der Waals surface area contributed by atoms with Crippen LogP contribution in [0.1, 0.15) is 131 Å². The topological polar surface area (TPSA) is 427 Å². The number of carbonyl (C=O) groups is 6. The summed E-state index contributed by atoms with van der Waals surface area (Å²) in [5.74, 6) is 0. The Morgan fingerprint density at radius 1 is 0.369 bits per heavy atom. The van der Waals surface area contributed by atoms with Crippen molar-refractivity contribution < 1.29 is 121 Å². The third-order valence-electron chi connectivity index (χ3n) is 12.2. The van der Waals surface area contributed by atoms with Gasteiger partial charge in [-0.2, -0.15) is 0 Å². The number of alkyl carbamates (subject to hydrolysis) is 6. The van der Waals surface area contributed by atoms with Crippen LogP contribution in [0.5, 0.6) is 0 Å². The Kier molecular flexibility index (Phi) is 24.1. The van der Waals surface area contributed by atoms with Gasteiger partial charge in [0.15, 0.2) is 18.9 Å². The number of amides is 6. The smallest absolute Gasteiger partial charge is 0.408 e. The molecule has 3 heterocycles. The molecule has 0 aromatic carbocycles. The molecule has 486 valence electrons.